The van der Waals surface area contributed by atoms with Gasteiger partial charge in [-0.05, 0) is 0 Å². The molecule has 0 saturated carbocycles. The van der Waals surface area contributed by atoms with E-state index in [0.717, 1.165) is 0 Å². The molecule has 0 aliphatic heterocycles. The molecule has 0 radical (unpaired) electrons. The first kappa shape index (κ1) is 34.4. The molecular formula is C46H42Cl2P2. The molecule has 0 aliphatic carbocycles. The second kappa shape index (κ2) is 13.6. The van der Waals surface area contributed by atoms with Crippen LogP contribution in [0.15, 0.2) is 194 Å². The van der Waals surface area contributed by atoms with E-state index in [0.29, 0.717) is 12.3 Å². The molecule has 0 nitrogen and oxygen atoms in total. The van der Waals surface area contributed by atoms with Crippen molar-refractivity contribution in [1.82, 2.24) is 0 Å². The van der Waals surface area contributed by atoms with Gasteiger partial charge in [-0.1, -0.05) is 0 Å². The van der Waals surface area contributed by atoms with Crippen LogP contribution in [0, 0.1) is 13.8 Å². The summed E-state index contributed by atoms with van der Waals surface area (Å²) in [5, 5.41) is 7.01. The molecule has 0 heterocycles. The van der Waals surface area contributed by atoms with E-state index in [4.69, 9.17) is 22.5 Å². The molecule has 0 saturated heterocycles. The Balaban J connectivity index is 1.44. The number of rotatable bonds is 10. The zero-order chi connectivity index (χ0) is 34.7. The SMILES string of the molecule is Cc1cc(CP(Cl)(c2ccccc2)(c2ccccc2)c2ccccc2)c(C)cc1CP(Cl)(c1ccccc1)(c1ccccc1)c1ccccc1. The fourth-order valence-corrected chi connectivity index (χ4v) is 20.2. The molecule has 50 heavy (non-hydrogen) atoms. The monoisotopic (exact) mass is 726 g/mol. The molecule has 250 valence electrons. The minimum atomic E-state index is -3.53. The minimum absolute atomic E-state index is 0.693. The van der Waals surface area contributed by atoms with Crippen molar-refractivity contribution in [3.05, 3.63) is 216 Å². The third kappa shape index (κ3) is 5.64. The molecule has 0 atom stereocenters. The Labute approximate surface area is 307 Å². The molecule has 0 aromatic heterocycles. The number of hydrogen-bond acceptors (Lipinski definition) is 0. The summed E-state index contributed by atoms with van der Waals surface area (Å²) < 4.78 is 0. The number of halogens is 2. The van der Waals surface area contributed by atoms with Crippen LogP contribution in [-0.4, -0.2) is 0 Å². The Hall–Kier alpha value is -4.02. The average molecular weight is 728 g/mol. The van der Waals surface area contributed by atoms with E-state index in [-0.39, 0.29) is 0 Å². The zero-order valence-corrected chi connectivity index (χ0v) is 31.8. The topological polar surface area (TPSA) is 0 Å². The summed E-state index contributed by atoms with van der Waals surface area (Å²) in [4.78, 5) is 0. The van der Waals surface area contributed by atoms with Crippen LogP contribution in [0.3, 0.4) is 0 Å². The summed E-state index contributed by atoms with van der Waals surface area (Å²) >= 11 is 17.1. The first-order chi connectivity index (χ1) is 24.2. The van der Waals surface area contributed by atoms with Gasteiger partial charge in [0.05, 0.1) is 0 Å². The Morgan fingerprint density at radius 3 is 0.680 bits per heavy atom. The van der Waals surface area contributed by atoms with Gasteiger partial charge in [0, 0.05) is 0 Å². The Bertz CT molecular complexity index is 1850. The predicted octanol–water partition coefficient (Wildman–Crippen LogP) is 10.7. The van der Waals surface area contributed by atoms with Crippen molar-refractivity contribution in [2.24, 2.45) is 0 Å². The molecule has 0 aliphatic rings. The summed E-state index contributed by atoms with van der Waals surface area (Å²) in [6.07, 6.45) is 1.39. The molecular weight excluding hydrogens is 685 g/mol. The Kier molecular flexibility index (Phi) is 9.37. The van der Waals surface area contributed by atoms with Crippen LogP contribution in [0.2, 0.25) is 0 Å². The van der Waals surface area contributed by atoms with Crippen molar-refractivity contribution >= 4 is 66.2 Å². The van der Waals surface area contributed by atoms with Crippen LogP contribution in [0.4, 0.5) is 0 Å². The second-order valence-electron chi connectivity index (χ2n) is 13.4. The molecule has 7 rings (SSSR count). The Morgan fingerprint density at radius 2 is 0.500 bits per heavy atom. The van der Waals surface area contributed by atoms with E-state index in [1.807, 2.05) is 0 Å². The van der Waals surface area contributed by atoms with Crippen molar-refractivity contribution in [2.75, 3.05) is 0 Å². The molecule has 0 fully saturated rings. The van der Waals surface area contributed by atoms with Gasteiger partial charge in [0.2, 0.25) is 0 Å². The van der Waals surface area contributed by atoms with Gasteiger partial charge in [0.15, 0.2) is 0 Å². The molecule has 7 aromatic carbocycles. The van der Waals surface area contributed by atoms with Gasteiger partial charge in [-0.15, -0.1) is 0 Å². The molecule has 0 N–H and O–H groups in total. The maximum absolute atomic E-state index is 8.56. The van der Waals surface area contributed by atoms with Crippen molar-refractivity contribution in [3.8, 4) is 0 Å². The third-order valence-corrected chi connectivity index (χ3v) is 24.8. The first-order valence-corrected chi connectivity index (χ1v) is 23.8. The quantitative estimate of drug-likeness (QED) is 0.123. The summed E-state index contributed by atoms with van der Waals surface area (Å²) in [5.41, 5.74) is 4.95. The van der Waals surface area contributed by atoms with Gasteiger partial charge >= 0.3 is 309 Å². The molecule has 7 aromatic rings. The van der Waals surface area contributed by atoms with Crippen molar-refractivity contribution in [3.63, 3.8) is 0 Å². The molecule has 4 heteroatoms. The van der Waals surface area contributed by atoms with E-state index in [1.165, 1.54) is 54.1 Å². The van der Waals surface area contributed by atoms with Crippen LogP contribution in [0.5, 0.6) is 0 Å². The van der Waals surface area contributed by atoms with E-state index in [2.05, 4.69) is 208 Å². The van der Waals surface area contributed by atoms with Gasteiger partial charge < -0.3 is 0 Å². The van der Waals surface area contributed by atoms with Gasteiger partial charge in [-0.2, -0.15) is 0 Å². The van der Waals surface area contributed by atoms with Crippen LogP contribution >= 0.6 is 34.4 Å². The molecule has 0 bridgehead atoms. The molecule has 0 spiro atoms. The van der Waals surface area contributed by atoms with Gasteiger partial charge in [0.1, 0.15) is 0 Å². The fourth-order valence-electron chi connectivity index (χ4n) is 7.79. The van der Waals surface area contributed by atoms with E-state index < -0.39 is 11.9 Å². The van der Waals surface area contributed by atoms with Crippen molar-refractivity contribution < 1.29 is 0 Å². The zero-order valence-electron chi connectivity index (χ0n) is 28.5. The van der Waals surface area contributed by atoms with Crippen LogP contribution < -0.4 is 31.8 Å². The normalized spacial score (nSPS) is 13.4. The maximum atomic E-state index is 8.56. The molecule has 0 amide bonds. The average Bonchev–Trinajstić information content (AvgIpc) is 3.19. The van der Waals surface area contributed by atoms with Crippen LogP contribution in [-0.2, 0) is 12.3 Å². The number of aryl methyl sites for hydroxylation is 2. The van der Waals surface area contributed by atoms with Crippen molar-refractivity contribution in [1.29, 1.82) is 0 Å². The van der Waals surface area contributed by atoms with Crippen LogP contribution in [0.25, 0.3) is 0 Å². The van der Waals surface area contributed by atoms with E-state index in [1.54, 1.807) is 0 Å². The number of benzene rings is 7. The van der Waals surface area contributed by atoms with Gasteiger partial charge in [-0.3, -0.25) is 0 Å². The van der Waals surface area contributed by atoms with Crippen molar-refractivity contribution in [2.45, 2.75) is 26.2 Å². The second-order valence-corrected chi connectivity index (χ2v) is 26.3. The fraction of sp³-hybridized carbons (Fsp3) is 0.0870. The van der Waals surface area contributed by atoms with Gasteiger partial charge in [0.25, 0.3) is 0 Å². The van der Waals surface area contributed by atoms with Gasteiger partial charge in [-0.25, -0.2) is 0 Å². The number of hydrogen-bond donors (Lipinski definition) is 0. The summed E-state index contributed by atoms with van der Waals surface area (Å²) in [5.74, 6) is -7.06. The first-order valence-electron chi connectivity index (χ1n) is 17.1. The standard InChI is InChI=1S/C46H42Cl2P2/c1-37-33-40(36-50(48,44-27-15-6-16-28-44,45-29-17-7-18-30-45)46-31-19-8-20-32-46)38(2)34-39(37)35-49(47,41-21-9-3-10-22-41,42-23-11-4-12-24-42)43-25-13-5-14-26-43/h3-34H,35-36H2,1-2H3. The molecule has 0 unspecified atom stereocenters. The van der Waals surface area contributed by atoms with E-state index >= 15 is 0 Å². The summed E-state index contributed by atoms with van der Waals surface area (Å²) in [6.45, 7) is 4.49. The van der Waals surface area contributed by atoms with Crippen LogP contribution in [0.1, 0.15) is 22.3 Å². The summed E-state index contributed by atoms with van der Waals surface area (Å²) in [6, 6.07) is 69.3. The van der Waals surface area contributed by atoms with E-state index in [9.17, 15) is 0 Å². The predicted molar refractivity (Wildman–Crippen MR) is 225 cm³/mol. The summed E-state index contributed by atoms with van der Waals surface area (Å²) in [7, 11) is 0. The third-order valence-electron chi connectivity index (χ3n) is 10.5. The Morgan fingerprint density at radius 1 is 0.320 bits per heavy atom.